The Hall–Kier alpha value is -2.95. The summed E-state index contributed by atoms with van der Waals surface area (Å²) in [7, 11) is 0. The zero-order chi connectivity index (χ0) is 19.6. The largest absolute Gasteiger partial charge is 0.298 e. The molecule has 0 aliphatic heterocycles. The molecule has 0 bridgehead atoms. The lowest BCUT2D eigenvalue weighted by Gasteiger charge is -2.26. The number of rotatable bonds is 5. The molecule has 0 aliphatic carbocycles. The molecule has 2 aromatic heterocycles. The summed E-state index contributed by atoms with van der Waals surface area (Å²) in [6.45, 7) is 9.72. The van der Waals surface area contributed by atoms with Crippen molar-refractivity contribution in [3.8, 4) is 11.1 Å². The third kappa shape index (κ3) is 4.08. The van der Waals surface area contributed by atoms with Crippen molar-refractivity contribution in [3.63, 3.8) is 0 Å². The molecule has 0 spiro atoms. The number of nitrogens with zero attached hydrogens (tertiary/aromatic N) is 4. The van der Waals surface area contributed by atoms with Gasteiger partial charge in [-0.15, -0.1) is 0 Å². The van der Waals surface area contributed by atoms with Gasteiger partial charge in [-0.1, -0.05) is 18.2 Å². The molecule has 0 N–H and O–H groups in total. The second-order valence-corrected chi connectivity index (χ2v) is 7.43. The Morgan fingerprint density at radius 3 is 2.30 bits per heavy atom. The van der Waals surface area contributed by atoms with Crippen LogP contribution in [0.5, 0.6) is 0 Å². The van der Waals surface area contributed by atoms with Crippen LogP contribution in [0.2, 0.25) is 0 Å². The van der Waals surface area contributed by atoms with E-state index in [1.807, 2.05) is 59.1 Å². The predicted molar refractivity (Wildman–Crippen MR) is 105 cm³/mol. The molecule has 27 heavy (non-hydrogen) atoms. The number of benzene rings is 1. The van der Waals surface area contributed by atoms with Crippen LogP contribution in [0.25, 0.3) is 11.1 Å². The van der Waals surface area contributed by atoms with Gasteiger partial charge < -0.3 is 0 Å². The number of hydrogen-bond donors (Lipinski definition) is 0. The summed E-state index contributed by atoms with van der Waals surface area (Å²) in [6.07, 6.45) is 7.27. The molecule has 0 atom stereocenters. The minimum absolute atomic E-state index is 0.122. The van der Waals surface area contributed by atoms with E-state index in [4.69, 9.17) is 0 Å². The molecule has 0 unspecified atom stereocenters. The molecule has 1 aromatic carbocycles. The first-order valence-corrected chi connectivity index (χ1v) is 8.98. The SMILES string of the molecule is Cc1cncc(CC(=O)C(C)(C)c2ccc(-c3cnc(C)nc3)cc2C)n1. The van der Waals surface area contributed by atoms with E-state index < -0.39 is 5.41 Å². The summed E-state index contributed by atoms with van der Waals surface area (Å²) in [4.78, 5) is 30.1. The monoisotopic (exact) mass is 360 g/mol. The van der Waals surface area contributed by atoms with Crippen molar-refractivity contribution in [3.05, 3.63) is 71.3 Å². The minimum Gasteiger partial charge on any atom is -0.298 e. The fraction of sp³-hybridized carbons (Fsp3) is 0.318. The van der Waals surface area contributed by atoms with Gasteiger partial charge in [0, 0.05) is 35.8 Å². The van der Waals surface area contributed by atoms with E-state index in [2.05, 4.69) is 26.0 Å². The van der Waals surface area contributed by atoms with Crippen LogP contribution in [-0.2, 0) is 16.6 Å². The topological polar surface area (TPSA) is 68.6 Å². The van der Waals surface area contributed by atoms with Gasteiger partial charge in [0.25, 0.3) is 0 Å². The van der Waals surface area contributed by atoms with Crippen molar-refractivity contribution in [2.45, 2.75) is 46.5 Å². The van der Waals surface area contributed by atoms with Gasteiger partial charge in [-0.05, 0) is 51.3 Å². The first-order valence-electron chi connectivity index (χ1n) is 8.98. The first kappa shape index (κ1) is 18.8. The highest BCUT2D eigenvalue weighted by Gasteiger charge is 2.31. The highest BCUT2D eigenvalue weighted by Crippen LogP contribution is 2.31. The lowest BCUT2D eigenvalue weighted by atomic mass is 9.76. The van der Waals surface area contributed by atoms with Crippen LogP contribution in [0.1, 0.15) is 42.2 Å². The Bertz CT molecular complexity index is 978. The second kappa shape index (κ2) is 7.35. The minimum atomic E-state index is -0.613. The summed E-state index contributed by atoms with van der Waals surface area (Å²) in [5.41, 5.74) is 5.01. The van der Waals surface area contributed by atoms with E-state index in [0.29, 0.717) is 5.69 Å². The highest BCUT2D eigenvalue weighted by molar-refractivity contribution is 5.91. The van der Waals surface area contributed by atoms with E-state index in [1.54, 1.807) is 12.4 Å². The van der Waals surface area contributed by atoms with Crippen molar-refractivity contribution < 1.29 is 4.79 Å². The number of aryl methyl sites for hydroxylation is 3. The summed E-state index contributed by atoms with van der Waals surface area (Å²) >= 11 is 0. The molecule has 5 nitrogen and oxygen atoms in total. The standard InChI is InChI=1S/C22H24N4O/c1-14-8-17(18-11-24-16(3)25-12-18)6-7-20(14)22(4,5)21(27)9-19-13-23-10-15(2)26-19/h6-8,10-13H,9H2,1-5H3. The van der Waals surface area contributed by atoms with Crippen LogP contribution in [0.4, 0.5) is 0 Å². The summed E-state index contributed by atoms with van der Waals surface area (Å²) < 4.78 is 0. The molecule has 3 rings (SSSR count). The lowest BCUT2D eigenvalue weighted by Crippen LogP contribution is -2.31. The van der Waals surface area contributed by atoms with Crippen molar-refractivity contribution >= 4 is 5.78 Å². The molecule has 5 heteroatoms. The van der Waals surface area contributed by atoms with Crippen molar-refractivity contribution in [1.82, 2.24) is 19.9 Å². The molecular weight excluding hydrogens is 336 g/mol. The smallest absolute Gasteiger partial charge is 0.148 e. The maximum atomic E-state index is 13.0. The fourth-order valence-electron chi connectivity index (χ4n) is 3.22. The fourth-order valence-corrected chi connectivity index (χ4v) is 3.22. The quantitative estimate of drug-likeness (QED) is 0.689. The van der Waals surface area contributed by atoms with Crippen LogP contribution >= 0.6 is 0 Å². The molecule has 0 fully saturated rings. The van der Waals surface area contributed by atoms with Crippen LogP contribution in [0.3, 0.4) is 0 Å². The van der Waals surface area contributed by atoms with Gasteiger partial charge >= 0.3 is 0 Å². The van der Waals surface area contributed by atoms with Crippen molar-refractivity contribution in [1.29, 1.82) is 0 Å². The molecule has 0 saturated heterocycles. The van der Waals surface area contributed by atoms with Gasteiger partial charge in [0.05, 0.1) is 17.8 Å². The van der Waals surface area contributed by atoms with Crippen LogP contribution in [0, 0.1) is 20.8 Å². The number of hydrogen-bond acceptors (Lipinski definition) is 5. The van der Waals surface area contributed by atoms with Gasteiger partial charge in [-0.2, -0.15) is 0 Å². The van der Waals surface area contributed by atoms with Gasteiger partial charge in [0.2, 0.25) is 0 Å². The maximum Gasteiger partial charge on any atom is 0.148 e. The number of ketones is 1. The summed E-state index contributed by atoms with van der Waals surface area (Å²) in [6, 6.07) is 6.15. The first-order chi connectivity index (χ1) is 12.8. The Labute approximate surface area is 160 Å². The van der Waals surface area contributed by atoms with Gasteiger partial charge in [-0.3, -0.25) is 14.8 Å². The average molecular weight is 360 g/mol. The third-order valence-electron chi connectivity index (χ3n) is 4.86. The molecule has 0 radical (unpaired) electrons. The molecule has 3 aromatic rings. The number of carbonyl (C=O) groups is 1. The predicted octanol–water partition coefficient (Wildman–Crippen LogP) is 3.95. The average Bonchev–Trinajstić information content (AvgIpc) is 2.62. The van der Waals surface area contributed by atoms with Gasteiger partial charge in [0.1, 0.15) is 11.6 Å². The van der Waals surface area contributed by atoms with Gasteiger partial charge in [0.15, 0.2) is 0 Å². The molecule has 0 aliphatic rings. The summed E-state index contributed by atoms with van der Waals surface area (Å²) in [5, 5.41) is 0. The molecular formula is C22H24N4O. The Morgan fingerprint density at radius 1 is 0.963 bits per heavy atom. The normalized spacial score (nSPS) is 11.4. The number of Topliss-reactive ketones (excluding diaryl/α,β-unsaturated/α-hetero) is 1. The van der Waals surface area contributed by atoms with Crippen molar-refractivity contribution in [2.24, 2.45) is 0 Å². The lowest BCUT2D eigenvalue weighted by molar-refractivity contribution is -0.122. The third-order valence-corrected chi connectivity index (χ3v) is 4.86. The zero-order valence-corrected chi connectivity index (χ0v) is 16.4. The maximum absolute atomic E-state index is 13.0. The number of aromatic nitrogens is 4. The molecule has 138 valence electrons. The highest BCUT2D eigenvalue weighted by atomic mass is 16.1. The van der Waals surface area contributed by atoms with Gasteiger partial charge in [-0.25, -0.2) is 9.97 Å². The summed E-state index contributed by atoms with van der Waals surface area (Å²) in [5.74, 6) is 0.870. The van der Waals surface area contributed by atoms with Crippen LogP contribution in [0.15, 0.2) is 43.0 Å². The van der Waals surface area contributed by atoms with Crippen molar-refractivity contribution in [2.75, 3.05) is 0 Å². The van der Waals surface area contributed by atoms with E-state index in [9.17, 15) is 4.79 Å². The molecule has 0 saturated carbocycles. The van der Waals surface area contributed by atoms with E-state index >= 15 is 0 Å². The zero-order valence-electron chi connectivity index (χ0n) is 16.4. The Balaban J connectivity index is 1.87. The Morgan fingerprint density at radius 2 is 1.67 bits per heavy atom. The number of carbonyl (C=O) groups excluding carboxylic acids is 1. The molecule has 2 heterocycles. The van der Waals surface area contributed by atoms with Crippen LogP contribution in [-0.4, -0.2) is 25.7 Å². The van der Waals surface area contributed by atoms with E-state index in [1.165, 1.54) is 0 Å². The van der Waals surface area contributed by atoms with E-state index in [0.717, 1.165) is 33.8 Å². The van der Waals surface area contributed by atoms with E-state index in [-0.39, 0.29) is 12.2 Å². The second-order valence-electron chi connectivity index (χ2n) is 7.43. The molecule has 0 amide bonds. The van der Waals surface area contributed by atoms with Crippen LogP contribution < -0.4 is 0 Å². The Kier molecular flexibility index (Phi) is 5.13.